The van der Waals surface area contributed by atoms with Gasteiger partial charge in [-0.25, -0.2) is 0 Å². The van der Waals surface area contributed by atoms with Gasteiger partial charge in [0.25, 0.3) is 0 Å². The van der Waals surface area contributed by atoms with Gasteiger partial charge in [-0.15, -0.1) is 10.2 Å². The molecule has 1 fully saturated rings. The summed E-state index contributed by atoms with van der Waals surface area (Å²) in [4.78, 5) is 19.6. The Morgan fingerprint density at radius 2 is 2.21 bits per heavy atom. The van der Waals surface area contributed by atoms with E-state index in [0.29, 0.717) is 11.7 Å². The first-order valence-corrected chi connectivity index (χ1v) is 10.7. The van der Waals surface area contributed by atoms with Crippen LogP contribution in [0.15, 0.2) is 30.5 Å². The van der Waals surface area contributed by atoms with Gasteiger partial charge in [0.15, 0.2) is 0 Å². The average Bonchev–Trinajstić information content (AvgIpc) is 3.14. The van der Waals surface area contributed by atoms with Crippen molar-refractivity contribution in [2.75, 3.05) is 23.3 Å². The SMILES string of the molecule is CCCc1nnc(NC(=O)C2CCCN(c3ccnc4ccc(C)cc34)C2)s1. The Hall–Kier alpha value is -2.54. The van der Waals surface area contributed by atoms with E-state index in [1.807, 2.05) is 6.20 Å². The van der Waals surface area contributed by atoms with Crippen LogP contribution in [-0.2, 0) is 11.2 Å². The van der Waals surface area contributed by atoms with Crippen molar-refractivity contribution in [1.29, 1.82) is 0 Å². The summed E-state index contributed by atoms with van der Waals surface area (Å²) in [7, 11) is 0. The summed E-state index contributed by atoms with van der Waals surface area (Å²) in [6.07, 6.45) is 5.67. The van der Waals surface area contributed by atoms with Crippen LogP contribution in [0.4, 0.5) is 10.8 Å². The molecule has 1 N–H and O–H groups in total. The van der Waals surface area contributed by atoms with Gasteiger partial charge in [-0.3, -0.25) is 9.78 Å². The number of benzene rings is 1. The third-order valence-electron chi connectivity index (χ3n) is 5.17. The minimum absolute atomic E-state index is 0.0402. The maximum Gasteiger partial charge on any atom is 0.231 e. The number of pyridine rings is 1. The van der Waals surface area contributed by atoms with Gasteiger partial charge in [0.05, 0.1) is 11.4 Å². The molecule has 4 rings (SSSR count). The Bertz CT molecular complexity index is 986. The highest BCUT2D eigenvalue weighted by atomic mass is 32.1. The summed E-state index contributed by atoms with van der Waals surface area (Å²) >= 11 is 1.47. The molecule has 6 nitrogen and oxygen atoms in total. The van der Waals surface area contributed by atoms with E-state index in [0.717, 1.165) is 53.8 Å². The zero-order chi connectivity index (χ0) is 19.5. The quantitative estimate of drug-likeness (QED) is 0.701. The normalized spacial score (nSPS) is 17.1. The Kier molecular flexibility index (Phi) is 5.52. The molecule has 2 aromatic heterocycles. The molecule has 1 aliphatic heterocycles. The van der Waals surface area contributed by atoms with Crippen LogP contribution < -0.4 is 10.2 Å². The number of nitrogens with one attached hydrogen (secondary N) is 1. The second kappa shape index (κ2) is 8.22. The monoisotopic (exact) mass is 395 g/mol. The predicted molar refractivity (Wildman–Crippen MR) is 114 cm³/mol. The van der Waals surface area contributed by atoms with Gasteiger partial charge in [0, 0.05) is 36.8 Å². The zero-order valence-corrected chi connectivity index (χ0v) is 17.1. The minimum atomic E-state index is -0.0553. The van der Waals surface area contributed by atoms with Crippen molar-refractivity contribution in [1.82, 2.24) is 15.2 Å². The van der Waals surface area contributed by atoms with Gasteiger partial charge < -0.3 is 10.2 Å². The Morgan fingerprint density at radius 3 is 3.07 bits per heavy atom. The van der Waals surface area contributed by atoms with E-state index >= 15 is 0 Å². The molecule has 1 saturated heterocycles. The number of fused-ring (bicyclic) bond motifs is 1. The maximum atomic E-state index is 12.8. The number of aromatic nitrogens is 3. The van der Waals surface area contributed by atoms with Crippen molar-refractivity contribution < 1.29 is 4.79 Å². The van der Waals surface area contributed by atoms with Gasteiger partial charge in [-0.1, -0.05) is 29.9 Å². The zero-order valence-electron chi connectivity index (χ0n) is 16.3. The summed E-state index contributed by atoms with van der Waals surface area (Å²) in [6, 6.07) is 8.38. The number of aryl methyl sites for hydroxylation is 2. The number of piperidine rings is 1. The third-order valence-corrected chi connectivity index (χ3v) is 6.07. The number of rotatable bonds is 5. The number of carbonyl (C=O) groups is 1. The van der Waals surface area contributed by atoms with Crippen molar-refractivity contribution >= 4 is 39.0 Å². The molecule has 1 amide bonds. The lowest BCUT2D eigenvalue weighted by molar-refractivity contribution is -0.120. The first-order chi connectivity index (χ1) is 13.6. The van der Waals surface area contributed by atoms with Crippen LogP contribution in [0.1, 0.15) is 36.8 Å². The fourth-order valence-electron chi connectivity index (χ4n) is 3.76. The second-order valence-electron chi connectivity index (χ2n) is 7.38. The predicted octanol–water partition coefficient (Wildman–Crippen LogP) is 4.20. The molecule has 1 atom stereocenters. The Labute approximate surface area is 169 Å². The van der Waals surface area contributed by atoms with E-state index in [9.17, 15) is 4.79 Å². The number of hydrogen-bond acceptors (Lipinski definition) is 6. The summed E-state index contributed by atoms with van der Waals surface area (Å²) in [5.74, 6) is -0.0151. The van der Waals surface area contributed by atoms with Gasteiger partial charge in [-0.2, -0.15) is 0 Å². The van der Waals surface area contributed by atoms with Gasteiger partial charge in [0.1, 0.15) is 5.01 Å². The van der Waals surface area contributed by atoms with Crippen molar-refractivity contribution in [2.45, 2.75) is 39.5 Å². The lowest BCUT2D eigenvalue weighted by Crippen LogP contribution is -2.40. The number of anilines is 2. The van der Waals surface area contributed by atoms with Crippen LogP contribution in [-0.4, -0.2) is 34.2 Å². The van der Waals surface area contributed by atoms with E-state index in [1.165, 1.54) is 16.9 Å². The Morgan fingerprint density at radius 1 is 1.32 bits per heavy atom. The van der Waals surface area contributed by atoms with E-state index in [1.54, 1.807) is 0 Å². The molecule has 7 heteroatoms. The van der Waals surface area contributed by atoms with Crippen LogP contribution in [0, 0.1) is 12.8 Å². The molecule has 1 aromatic carbocycles. The van der Waals surface area contributed by atoms with Gasteiger partial charge in [0.2, 0.25) is 11.0 Å². The molecule has 3 aromatic rings. The van der Waals surface area contributed by atoms with E-state index < -0.39 is 0 Å². The Balaban J connectivity index is 1.50. The van der Waals surface area contributed by atoms with Crippen LogP contribution >= 0.6 is 11.3 Å². The van der Waals surface area contributed by atoms with Crippen LogP contribution in [0.2, 0.25) is 0 Å². The lowest BCUT2D eigenvalue weighted by Gasteiger charge is -2.34. The fourth-order valence-corrected chi connectivity index (χ4v) is 4.60. The number of carbonyl (C=O) groups excluding carboxylic acids is 1. The molecule has 0 saturated carbocycles. The van der Waals surface area contributed by atoms with E-state index in [-0.39, 0.29) is 11.8 Å². The molecule has 1 unspecified atom stereocenters. The molecule has 0 spiro atoms. The van der Waals surface area contributed by atoms with Gasteiger partial charge in [-0.05, 0) is 44.4 Å². The molecule has 0 aliphatic carbocycles. The largest absolute Gasteiger partial charge is 0.370 e. The molecule has 0 bridgehead atoms. The fraction of sp³-hybridized carbons (Fsp3) is 0.429. The molecule has 28 heavy (non-hydrogen) atoms. The molecule has 0 radical (unpaired) electrons. The van der Waals surface area contributed by atoms with Crippen molar-refractivity contribution in [3.05, 3.63) is 41.0 Å². The first kappa shape index (κ1) is 18.8. The van der Waals surface area contributed by atoms with Crippen LogP contribution in [0.3, 0.4) is 0 Å². The number of hydrogen-bond donors (Lipinski definition) is 1. The number of amides is 1. The summed E-state index contributed by atoms with van der Waals surface area (Å²) in [5.41, 5.74) is 3.37. The molecular weight excluding hydrogens is 370 g/mol. The second-order valence-corrected chi connectivity index (χ2v) is 8.44. The topological polar surface area (TPSA) is 71.0 Å². The van der Waals surface area contributed by atoms with Crippen molar-refractivity contribution in [3.63, 3.8) is 0 Å². The summed E-state index contributed by atoms with van der Waals surface area (Å²) < 4.78 is 0. The number of nitrogens with zero attached hydrogens (tertiary/aromatic N) is 4. The minimum Gasteiger partial charge on any atom is -0.370 e. The molecular formula is C21H25N5OS. The van der Waals surface area contributed by atoms with Gasteiger partial charge >= 0.3 is 0 Å². The highest BCUT2D eigenvalue weighted by molar-refractivity contribution is 7.15. The standard InChI is InChI=1S/C21H25N5OS/c1-3-5-19-24-25-21(28-19)23-20(27)15-6-4-11-26(13-15)18-9-10-22-17-8-7-14(2)12-16(17)18/h7-10,12,15H,3-6,11,13H2,1-2H3,(H,23,25,27). The smallest absolute Gasteiger partial charge is 0.231 e. The average molecular weight is 396 g/mol. The highest BCUT2D eigenvalue weighted by Gasteiger charge is 2.27. The van der Waals surface area contributed by atoms with Crippen LogP contribution in [0.25, 0.3) is 10.9 Å². The molecule has 1 aliphatic rings. The van der Waals surface area contributed by atoms with Crippen LogP contribution in [0.5, 0.6) is 0 Å². The lowest BCUT2D eigenvalue weighted by atomic mass is 9.96. The van der Waals surface area contributed by atoms with Crippen molar-refractivity contribution in [2.24, 2.45) is 5.92 Å². The molecule has 3 heterocycles. The maximum absolute atomic E-state index is 12.8. The van der Waals surface area contributed by atoms with E-state index in [4.69, 9.17) is 0 Å². The van der Waals surface area contributed by atoms with E-state index in [2.05, 4.69) is 63.5 Å². The first-order valence-electron chi connectivity index (χ1n) is 9.87. The summed E-state index contributed by atoms with van der Waals surface area (Å²) in [5, 5.41) is 14.0. The summed E-state index contributed by atoms with van der Waals surface area (Å²) in [6.45, 7) is 5.87. The van der Waals surface area contributed by atoms with Crippen molar-refractivity contribution in [3.8, 4) is 0 Å². The molecule has 146 valence electrons. The highest BCUT2D eigenvalue weighted by Crippen LogP contribution is 2.30. The third kappa shape index (κ3) is 3.99.